The fraction of sp³-hybridized carbons (Fsp3) is 0.500. The minimum atomic E-state index is -0.973. The Bertz CT molecular complexity index is 562. The van der Waals surface area contributed by atoms with E-state index in [1.165, 1.54) is 17.9 Å². The Labute approximate surface area is 117 Å². The molecule has 1 fully saturated rings. The molecule has 20 heavy (non-hydrogen) atoms. The summed E-state index contributed by atoms with van der Waals surface area (Å²) in [6.45, 7) is 1.88. The minimum absolute atomic E-state index is 0.118. The normalized spacial score (nSPS) is 18.9. The van der Waals surface area contributed by atoms with Crippen molar-refractivity contribution in [2.24, 2.45) is 7.05 Å². The number of rotatable bonds is 3. The van der Waals surface area contributed by atoms with E-state index in [1.54, 1.807) is 17.8 Å². The van der Waals surface area contributed by atoms with Gasteiger partial charge in [0, 0.05) is 25.4 Å². The van der Waals surface area contributed by atoms with Crippen molar-refractivity contribution in [3.63, 3.8) is 0 Å². The number of ketones is 1. The molecule has 0 radical (unpaired) electrons. The Morgan fingerprint density at radius 2 is 2.00 bits per heavy atom. The first-order valence-electron chi connectivity index (χ1n) is 6.63. The van der Waals surface area contributed by atoms with Crippen molar-refractivity contribution in [2.75, 3.05) is 6.54 Å². The number of hydrogen-bond acceptors (Lipinski definition) is 3. The predicted molar refractivity (Wildman–Crippen MR) is 71.7 cm³/mol. The highest BCUT2D eigenvalue weighted by Gasteiger charge is 2.33. The number of aryl methyl sites for hydroxylation is 1. The standard InChI is InChI=1S/C14H18N2O4/c1-9(17)10-7-12(15(2)8-10)13(18)16-6-4-3-5-11(16)14(19)20/h7-8,11H,3-6H2,1-2H3,(H,19,20). The summed E-state index contributed by atoms with van der Waals surface area (Å²) in [5.74, 6) is -1.42. The largest absolute Gasteiger partial charge is 0.480 e. The molecule has 2 rings (SSSR count). The van der Waals surface area contributed by atoms with Crippen molar-refractivity contribution >= 4 is 17.7 Å². The third kappa shape index (κ3) is 2.59. The number of carbonyl (C=O) groups is 3. The quantitative estimate of drug-likeness (QED) is 0.845. The maximum atomic E-state index is 12.5. The molecular weight excluding hydrogens is 260 g/mol. The van der Waals surface area contributed by atoms with Gasteiger partial charge in [0.15, 0.2) is 5.78 Å². The van der Waals surface area contributed by atoms with Crippen molar-refractivity contribution in [3.05, 3.63) is 23.5 Å². The van der Waals surface area contributed by atoms with Crippen LogP contribution in [0, 0.1) is 0 Å². The summed E-state index contributed by atoms with van der Waals surface area (Å²) in [5.41, 5.74) is 0.808. The van der Waals surface area contributed by atoms with Crippen molar-refractivity contribution in [1.82, 2.24) is 9.47 Å². The number of nitrogens with zero attached hydrogens (tertiary/aromatic N) is 2. The number of carbonyl (C=O) groups excluding carboxylic acids is 2. The Morgan fingerprint density at radius 1 is 1.30 bits per heavy atom. The smallest absolute Gasteiger partial charge is 0.326 e. The first kappa shape index (κ1) is 14.3. The molecular formula is C14H18N2O4. The molecule has 0 aromatic carbocycles. The molecule has 1 aromatic heterocycles. The van der Waals surface area contributed by atoms with E-state index in [4.69, 9.17) is 0 Å². The second kappa shape index (κ2) is 5.48. The van der Waals surface area contributed by atoms with E-state index >= 15 is 0 Å². The number of carboxylic acid groups (broad SMARTS) is 1. The third-order valence-corrected chi connectivity index (χ3v) is 3.68. The van der Waals surface area contributed by atoms with Gasteiger partial charge in [-0.1, -0.05) is 0 Å². The van der Waals surface area contributed by atoms with Crippen LogP contribution in [0.4, 0.5) is 0 Å². The van der Waals surface area contributed by atoms with Crippen LogP contribution in [0.25, 0.3) is 0 Å². The molecule has 0 saturated carbocycles. The summed E-state index contributed by atoms with van der Waals surface area (Å²) in [6.07, 6.45) is 3.69. The van der Waals surface area contributed by atoms with E-state index in [1.807, 2.05) is 0 Å². The van der Waals surface area contributed by atoms with E-state index in [-0.39, 0.29) is 11.7 Å². The van der Waals surface area contributed by atoms with Gasteiger partial charge in [-0.15, -0.1) is 0 Å². The zero-order chi connectivity index (χ0) is 14.9. The van der Waals surface area contributed by atoms with Gasteiger partial charge in [0.25, 0.3) is 5.91 Å². The molecule has 1 amide bonds. The summed E-state index contributed by atoms with van der Waals surface area (Å²) >= 11 is 0. The van der Waals surface area contributed by atoms with Crippen molar-refractivity contribution in [1.29, 1.82) is 0 Å². The molecule has 0 aliphatic carbocycles. The Hall–Kier alpha value is -2.11. The number of amides is 1. The molecule has 2 heterocycles. The summed E-state index contributed by atoms with van der Waals surface area (Å²) < 4.78 is 1.58. The summed E-state index contributed by atoms with van der Waals surface area (Å²) in [7, 11) is 1.68. The number of aliphatic carboxylic acids is 1. The van der Waals surface area contributed by atoms with Crippen molar-refractivity contribution < 1.29 is 19.5 Å². The number of piperidine rings is 1. The van der Waals surface area contributed by atoms with E-state index in [2.05, 4.69) is 0 Å². The van der Waals surface area contributed by atoms with Crippen molar-refractivity contribution in [3.8, 4) is 0 Å². The SMILES string of the molecule is CC(=O)c1cc(C(=O)N2CCCCC2C(=O)O)n(C)c1. The highest BCUT2D eigenvalue weighted by atomic mass is 16.4. The monoisotopic (exact) mass is 278 g/mol. The van der Waals surface area contributed by atoms with Crippen LogP contribution in [-0.2, 0) is 11.8 Å². The zero-order valence-corrected chi connectivity index (χ0v) is 11.6. The number of Topliss-reactive ketones (excluding diaryl/α,β-unsaturated/α-hetero) is 1. The predicted octanol–water partition coefficient (Wildman–Crippen LogP) is 1.31. The van der Waals surface area contributed by atoms with Gasteiger partial charge in [-0.3, -0.25) is 9.59 Å². The van der Waals surface area contributed by atoms with Crippen LogP contribution < -0.4 is 0 Å². The third-order valence-electron chi connectivity index (χ3n) is 3.68. The number of likely N-dealkylation sites (tertiary alicyclic amines) is 1. The molecule has 1 aromatic rings. The maximum absolute atomic E-state index is 12.5. The van der Waals surface area contributed by atoms with Gasteiger partial charge in [-0.25, -0.2) is 4.79 Å². The lowest BCUT2D eigenvalue weighted by molar-refractivity contribution is -0.143. The molecule has 6 nitrogen and oxygen atoms in total. The van der Waals surface area contributed by atoms with Gasteiger partial charge in [-0.2, -0.15) is 0 Å². The first-order chi connectivity index (χ1) is 9.41. The molecule has 1 aliphatic heterocycles. The zero-order valence-electron chi connectivity index (χ0n) is 11.6. The van der Waals surface area contributed by atoms with Gasteiger partial charge >= 0.3 is 5.97 Å². The molecule has 1 saturated heterocycles. The molecule has 6 heteroatoms. The molecule has 108 valence electrons. The highest BCUT2D eigenvalue weighted by molar-refractivity contribution is 6.00. The van der Waals surface area contributed by atoms with Gasteiger partial charge in [0.1, 0.15) is 11.7 Å². The maximum Gasteiger partial charge on any atom is 0.326 e. The number of hydrogen-bond donors (Lipinski definition) is 1. The average Bonchev–Trinajstić information content (AvgIpc) is 2.80. The van der Waals surface area contributed by atoms with Gasteiger partial charge in [0.2, 0.25) is 0 Å². The topological polar surface area (TPSA) is 79.6 Å². The lowest BCUT2D eigenvalue weighted by atomic mass is 10.0. The van der Waals surface area contributed by atoms with Gasteiger partial charge in [0.05, 0.1) is 0 Å². The van der Waals surface area contributed by atoms with Crippen molar-refractivity contribution in [2.45, 2.75) is 32.2 Å². The molecule has 0 bridgehead atoms. The van der Waals surface area contributed by atoms with Gasteiger partial charge in [-0.05, 0) is 32.3 Å². The van der Waals surface area contributed by atoms with E-state index < -0.39 is 12.0 Å². The summed E-state index contributed by atoms with van der Waals surface area (Å²) in [5, 5.41) is 9.21. The summed E-state index contributed by atoms with van der Waals surface area (Å²) in [6, 6.07) is 0.755. The van der Waals surface area contributed by atoms with Gasteiger partial charge < -0.3 is 14.6 Å². The molecule has 1 aliphatic rings. The van der Waals surface area contributed by atoms with E-state index in [0.29, 0.717) is 24.2 Å². The molecule has 1 unspecified atom stereocenters. The van der Waals surface area contributed by atoms with Crippen LogP contribution in [-0.4, -0.2) is 44.8 Å². The second-order valence-corrected chi connectivity index (χ2v) is 5.13. The Balaban J connectivity index is 2.29. The molecule has 1 atom stereocenters. The summed E-state index contributed by atoms with van der Waals surface area (Å²) in [4.78, 5) is 36.5. The van der Waals surface area contributed by atoms with Crippen LogP contribution in [0.1, 0.15) is 47.0 Å². The number of carboxylic acids is 1. The minimum Gasteiger partial charge on any atom is -0.480 e. The van der Waals surface area contributed by atoms with E-state index in [0.717, 1.165) is 12.8 Å². The first-order valence-corrected chi connectivity index (χ1v) is 6.63. The Kier molecular flexibility index (Phi) is 3.92. The van der Waals surface area contributed by atoms with Crippen LogP contribution in [0.15, 0.2) is 12.3 Å². The average molecular weight is 278 g/mol. The fourth-order valence-electron chi connectivity index (χ4n) is 2.55. The highest BCUT2D eigenvalue weighted by Crippen LogP contribution is 2.21. The Morgan fingerprint density at radius 3 is 2.55 bits per heavy atom. The molecule has 0 spiro atoms. The van der Waals surface area contributed by atoms with Crippen LogP contribution in [0.2, 0.25) is 0 Å². The number of aromatic nitrogens is 1. The lowest BCUT2D eigenvalue weighted by Crippen LogP contribution is -2.48. The van der Waals surface area contributed by atoms with E-state index in [9.17, 15) is 19.5 Å². The molecule has 1 N–H and O–H groups in total. The van der Waals surface area contributed by atoms with Crippen LogP contribution >= 0.6 is 0 Å². The fourth-order valence-corrected chi connectivity index (χ4v) is 2.55. The second-order valence-electron chi connectivity index (χ2n) is 5.13. The van der Waals surface area contributed by atoms with Crippen LogP contribution in [0.5, 0.6) is 0 Å². The van der Waals surface area contributed by atoms with Crippen LogP contribution in [0.3, 0.4) is 0 Å². The lowest BCUT2D eigenvalue weighted by Gasteiger charge is -2.32.